The fourth-order valence-electron chi connectivity index (χ4n) is 2.03. The fourth-order valence-corrected chi connectivity index (χ4v) is 2.72. The van der Waals surface area contributed by atoms with Gasteiger partial charge in [0.1, 0.15) is 0 Å². The second kappa shape index (κ2) is 5.89. The zero-order chi connectivity index (χ0) is 14.7. The van der Waals surface area contributed by atoms with Crippen LogP contribution in [0.2, 0.25) is 0 Å². The number of rotatable bonds is 4. The third-order valence-electron chi connectivity index (χ3n) is 3.14. The average molecular weight is 295 g/mol. The zero-order valence-corrected chi connectivity index (χ0v) is 11.9. The highest BCUT2D eigenvalue weighted by molar-refractivity contribution is 8.00. The molecule has 0 amide bonds. The quantitative estimate of drug-likeness (QED) is 0.687. The van der Waals surface area contributed by atoms with Gasteiger partial charge in [-0.2, -0.15) is 0 Å². The zero-order valence-electron chi connectivity index (χ0n) is 11.1. The molecule has 3 rings (SSSR count). The summed E-state index contributed by atoms with van der Waals surface area (Å²) in [5.41, 5.74) is 1.16. The van der Waals surface area contributed by atoms with Crippen LogP contribution in [0, 0.1) is 0 Å². The summed E-state index contributed by atoms with van der Waals surface area (Å²) in [4.78, 5) is 11.9. The van der Waals surface area contributed by atoms with Crippen LogP contribution < -0.4 is 4.72 Å². The third kappa shape index (κ3) is 3.17. The number of benzene rings is 3. The Kier molecular flexibility index (Phi) is 3.79. The largest absolute Gasteiger partial charge is 0.478 e. The molecule has 4 heteroatoms. The number of hydrogen-bond acceptors (Lipinski definition) is 3. The van der Waals surface area contributed by atoms with Gasteiger partial charge in [-0.15, -0.1) is 0 Å². The van der Waals surface area contributed by atoms with E-state index in [1.54, 1.807) is 24.3 Å². The maximum absolute atomic E-state index is 10.8. The van der Waals surface area contributed by atoms with Crippen LogP contribution in [0.15, 0.2) is 71.6 Å². The SMILES string of the molecule is O=C(O)c1ccc(NSc2ccc3ccccc3c2)cc1. The Labute approximate surface area is 126 Å². The van der Waals surface area contributed by atoms with Crippen LogP contribution in [0.5, 0.6) is 0 Å². The number of anilines is 1. The maximum Gasteiger partial charge on any atom is 0.335 e. The van der Waals surface area contributed by atoms with E-state index in [2.05, 4.69) is 35.1 Å². The summed E-state index contributed by atoms with van der Waals surface area (Å²) in [5, 5.41) is 11.3. The molecule has 0 atom stereocenters. The van der Waals surface area contributed by atoms with E-state index in [1.165, 1.54) is 22.7 Å². The second-order valence-corrected chi connectivity index (χ2v) is 5.48. The van der Waals surface area contributed by atoms with E-state index in [-0.39, 0.29) is 5.56 Å². The Morgan fingerprint density at radius 2 is 1.62 bits per heavy atom. The van der Waals surface area contributed by atoms with Crippen molar-refractivity contribution in [2.45, 2.75) is 4.90 Å². The van der Waals surface area contributed by atoms with Crippen LogP contribution in [-0.2, 0) is 0 Å². The van der Waals surface area contributed by atoms with Gasteiger partial charge >= 0.3 is 5.97 Å². The first-order valence-electron chi connectivity index (χ1n) is 6.47. The lowest BCUT2D eigenvalue weighted by molar-refractivity contribution is 0.0697. The van der Waals surface area contributed by atoms with Gasteiger partial charge in [-0.1, -0.05) is 30.3 Å². The number of carbonyl (C=O) groups is 1. The van der Waals surface area contributed by atoms with Crippen molar-refractivity contribution < 1.29 is 9.90 Å². The Morgan fingerprint density at radius 3 is 2.33 bits per heavy atom. The topological polar surface area (TPSA) is 49.3 Å². The summed E-state index contributed by atoms with van der Waals surface area (Å²) in [6, 6.07) is 21.2. The lowest BCUT2D eigenvalue weighted by atomic mass is 10.1. The molecule has 0 saturated carbocycles. The molecule has 0 spiro atoms. The van der Waals surface area contributed by atoms with Crippen LogP contribution in [0.3, 0.4) is 0 Å². The van der Waals surface area contributed by atoms with E-state index in [0.29, 0.717) is 0 Å². The third-order valence-corrected chi connectivity index (χ3v) is 3.97. The smallest absolute Gasteiger partial charge is 0.335 e. The molecule has 0 aliphatic rings. The molecular formula is C17H13NO2S. The van der Waals surface area contributed by atoms with Gasteiger partial charge in [-0.3, -0.25) is 0 Å². The Morgan fingerprint density at radius 1 is 0.905 bits per heavy atom. The van der Waals surface area contributed by atoms with E-state index < -0.39 is 5.97 Å². The molecule has 3 aromatic carbocycles. The summed E-state index contributed by atoms with van der Waals surface area (Å²) < 4.78 is 3.22. The first-order chi connectivity index (χ1) is 10.2. The van der Waals surface area contributed by atoms with E-state index in [9.17, 15) is 4.79 Å². The Balaban J connectivity index is 1.72. The number of carboxylic acid groups (broad SMARTS) is 1. The minimum atomic E-state index is -0.913. The molecule has 21 heavy (non-hydrogen) atoms. The van der Waals surface area contributed by atoms with Gasteiger partial charge in [0.2, 0.25) is 0 Å². The first-order valence-corrected chi connectivity index (χ1v) is 7.29. The highest BCUT2D eigenvalue weighted by atomic mass is 32.2. The lowest BCUT2D eigenvalue weighted by Crippen LogP contribution is -1.95. The number of carboxylic acids is 1. The monoisotopic (exact) mass is 295 g/mol. The van der Waals surface area contributed by atoms with Crippen molar-refractivity contribution in [1.82, 2.24) is 0 Å². The Bertz CT molecular complexity index is 784. The summed E-state index contributed by atoms with van der Waals surface area (Å²) in [6.45, 7) is 0. The number of aromatic carboxylic acids is 1. The van der Waals surface area contributed by atoms with Crippen molar-refractivity contribution in [1.29, 1.82) is 0 Å². The summed E-state index contributed by atoms with van der Waals surface area (Å²) in [6.07, 6.45) is 0. The molecule has 0 radical (unpaired) electrons. The van der Waals surface area contributed by atoms with Gasteiger partial charge in [0.05, 0.1) is 5.56 Å². The molecule has 3 nitrogen and oxygen atoms in total. The molecule has 0 aliphatic heterocycles. The van der Waals surface area contributed by atoms with E-state index in [4.69, 9.17) is 5.11 Å². The summed E-state index contributed by atoms with van der Waals surface area (Å²) in [7, 11) is 0. The van der Waals surface area contributed by atoms with Crippen molar-refractivity contribution in [3.05, 3.63) is 72.3 Å². The molecule has 3 aromatic rings. The highest BCUT2D eigenvalue weighted by Crippen LogP contribution is 2.25. The molecular weight excluding hydrogens is 282 g/mol. The number of nitrogens with one attached hydrogen (secondary N) is 1. The van der Waals surface area contributed by atoms with Gasteiger partial charge < -0.3 is 9.83 Å². The van der Waals surface area contributed by atoms with Crippen LogP contribution in [0.4, 0.5) is 5.69 Å². The standard InChI is InChI=1S/C17H13NO2S/c19-17(20)13-5-8-15(9-6-13)18-21-16-10-7-12-3-1-2-4-14(12)11-16/h1-11,18H,(H,19,20). The first kappa shape index (κ1) is 13.5. The van der Waals surface area contributed by atoms with Crippen LogP contribution in [0.25, 0.3) is 10.8 Å². The molecule has 0 aliphatic carbocycles. The maximum atomic E-state index is 10.8. The summed E-state index contributed by atoms with van der Waals surface area (Å²) >= 11 is 1.51. The molecule has 0 aromatic heterocycles. The minimum Gasteiger partial charge on any atom is -0.478 e. The lowest BCUT2D eigenvalue weighted by Gasteiger charge is -2.07. The molecule has 104 valence electrons. The van der Waals surface area contributed by atoms with Crippen molar-refractivity contribution in [2.24, 2.45) is 0 Å². The van der Waals surface area contributed by atoms with Gasteiger partial charge in [0.25, 0.3) is 0 Å². The van der Waals surface area contributed by atoms with Gasteiger partial charge in [0, 0.05) is 10.6 Å². The van der Waals surface area contributed by atoms with Crippen LogP contribution in [0.1, 0.15) is 10.4 Å². The number of fused-ring (bicyclic) bond motifs is 1. The van der Waals surface area contributed by atoms with E-state index >= 15 is 0 Å². The second-order valence-electron chi connectivity index (χ2n) is 4.60. The van der Waals surface area contributed by atoms with Gasteiger partial charge in [-0.05, 0) is 59.1 Å². The predicted molar refractivity (Wildman–Crippen MR) is 86.8 cm³/mol. The van der Waals surface area contributed by atoms with Crippen LogP contribution >= 0.6 is 11.9 Å². The van der Waals surface area contributed by atoms with E-state index in [1.807, 2.05) is 12.1 Å². The average Bonchev–Trinajstić information content (AvgIpc) is 2.53. The molecule has 0 saturated heterocycles. The molecule has 0 unspecified atom stereocenters. The van der Waals surface area contributed by atoms with Gasteiger partial charge in [-0.25, -0.2) is 4.79 Å². The normalized spacial score (nSPS) is 10.5. The molecule has 2 N–H and O–H groups in total. The van der Waals surface area contributed by atoms with Gasteiger partial charge in [0.15, 0.2) is 0 Å². The molecule has 0 bridgehead atoms. The Hall–Kier alpha value is -2.46. The van der Waals surface area contributed by atoms with E-state index in [0.717, 1.165) is 10.6 Å². The minimum absolute atomic E-state index is 0.288. The molecule has 0 heterocycles. The molecule has 0 fully saturated rings. The van der Waals surface area contributed by atoms with Crippen molar-refractivity contribution >= 4 is 34.4 Å². The van der Waals surface area contributed by atoms with Crippen molar-refractivity contribution in [2.75, 3.05) is 4.72 Å². The van der Waals surface area contributed by atoms with Crippen molar-refractivity contribution in [3.63, 3.8) is 0 Å². The van der Waals surface area contributed by atoms with Crippen molar-refractivity contribution in [3.8, 4) is 0 Å². The fraction of sp³-hybridized carbons (Fsp3) is 0. The number of hydrogen-bond donors (Lipinski definition) is 2. The predicted octanol–water partition coefficient (Wildman–Crippen LogP) is 4.66. The summed E-state index contributed by atoms with van der Waals surface area (Å²) in [5.74, 6) is -0.913. The van der Waals surface area contributed by atoms with Crippen LogP contribution in [-0.4, -0.2) is 11.1 Å². The highest BCUT2D eigenvalue weighted by Gasteiger charge is 2.02.